The summed E-state index contributed by atoms with van der Waals surface area (Å²) in [6.45, 7) is 2.70. The molecule has 0 aliphatic carbocycles. The number of aliphatic hydroxyl groups is 1. The van der Waals surface area contributed by atoms with Crippen molar-refractivity contribution in [2.75, 3.05) is 18.8 Å². The van der Waals surface area contributed by atoms with E-state index >= 15 is 0 Å². The van der Waals surface area contributed by atoms with E-state index in [1.807, 2.05) is 18.2 Å². The van der Waals surface area contributed by atoms with Crippen molar-refractivity contribution in [2.45, 2.75) is 18.3 Å². The summed E-state index contributed by atoms with van der Waals surface area (Å²) >= 11 is 1.62. The molecule has 0 bridgehead atoms. The molecule has 1 fully saturated rings. The molecule has 1 amide bonds. The third kappa shape index (κ3) is 3.48. The maximum Gasteiger partial charge on any atom is 0.232 e. The summed E-state index contributed by atoms with van der Waals surface area (Å²) in [5.74, 6) is 1.47. The van der Waals surface area contributed by atoms with E-state index in [4.69, 9.17) is 0 Å². The predicted octanol–water partition coefficient (Wildman–Crippen LogP) is 1.51. The van der Waals surface area contributed by atoms with Gasteiger partial charge in [0.2, 0.25) is 5.91 Å². The molecule has 0 unspecified atom stereocenters. The van der Waals surface area contributed by atoms with Crippen molar-refractivity contribution in [1.82, 2.24) is 4.90 Å². The average molecular weight is 251 g/mol. The Bertz CT molecular complexity index is 384. The lowest BCUT2D eigenvalue weighted by atomic mass is 9.97. The first-order valence-corrected chi connectivity index (χ1v) is 6.84. The van der Waals surface area contributed by atoms with Gasteiger partial charge in [-0.1, -0.05) is 30.3 Å². The Morgan fingerprint density at radius 3 is 2.65 bits per heavy atom. The van der Waals surface area contributed by atoms with E-state index in [0.29, 0.717) is 18.8 Å². The smallest absolute Gasteiger partial charge is 0.232 e. The summed E-state index contributed by atoms with van der Waals surface area (Å²) in [4.78, 5) is 13.4. The first kappa shape index (κ1) is 12.5. The third-order valence-electron chi connectivity index (χ3n) is 2.75. The number of thioether (sulfide) groups is 1. The number of likely N-dealkylation sites (tertiary alicyclic amines) is 1. The fraction of sp³-hybridized carbons (Fsp3) is 0.462. The Morgan fingerprint density at radius 2 is 2.06 bits per heavy atom. The zero-order valence-electron chi connectivity index (χ0n) is 9.93. The van der Waals surface area contributed by atoms with Crippen molar-refractivity contribution in [3.8, 4) is 0 Å². The Kier molecular flexibility index (Phi) is 3.74. The highest BCUT2D eigenvalue weighted by molar-refractivity contribution is 7.99. The molecule has 0 saturated carbocycles. The van der Waals surface area contributed by atoms with Gasteiger partial charge in [-0.25, -0.2) is 0 Å². The quantitative estimate of drug-likeness (QED) is 0.882. The summed E-state index contributed by atoms with van der Waals surface area (Å²) in [5, 5.41) is 9.54. The lowest BCUT2D eigenvalue weighted by Crippen LogP contribution is -2.62. The molecule has 1 aliphatic rings. The summed E-state index contributed by atoms with van der Waals surface area (Å²) in [7, 11) is 0. The van der Waals surface area contributed by atoms with Crippen LogP contribution in [0.1, 0.15) is 12.5 Å². The summed E-state index contributed by atoms with van der Waals surface area (Å²) in [5.41, 5.74) is 0.570. The van der Waals surface area contributed by atoms with E-state index in [9.17, 15) is 9.90 Å². The van der Waals surface area contributed by atoms with Gasteiger partial charge in [0, 0.05) is 5.75 Å². The molecule has 4 heteroatoms. The Labute approximate surface area is 106 Å². The van der Waals surface area contributed by atoms with E-state index in [1.165, 1.54) is 5.56 Å². The number of hydrogen-bond acceptors (Lipinski definition) is 3. The Balaban J connectivity index is 1.68. The summed E-state index contributed by atoms with van der Waals surface area (Å²) in [6, 6.07) is 10.1. The highest BCUT2D eigenvalue weighted by Crippen LogP contribution is 2.21. The summed E-state index contributed by atoms with van der Waals surface area (Å²) < 4.78 is 0. The second-order valence-corrected chi connectivity index (χ2v) is 5.71. The highest BCUT2D eigenvalue weighted by Gasteiger charge is 2.38. The van der Waals surface area contributed by atoms with Gasteiger partial charge >= 0.3 is 0 Å². The maximum atomic E-state index is 11.7. The second kappa shape index (κ2) is 5.10. The van der Waals surface area contributed by atoms with Gasteiger partial charge in [-0.2, -0.15) is 0 Å². The van der Waals surface area contributed by atoms with Crippen molar-refractivity contribution >= 4 is 17.7 Å². The van der Waals surface area contributed by atoms with Crippen LogP contribution in [0.5, 0.6) is 0 Å². The number of amides is 1. The molecule has 92 valence electrons. The number of carbonyl (C=O) groups excluding carboxylic acids is 1. The number of hydrogen-bond donors (Lipinski definition) is 1. The van der Waals surface area contributed by atoms with Gasteiger partial charge in [0.15, 0.2) is 0 Å². The summed E-state index contributed by atoms with van der Waals surface area (Å²) in [6.07, 6.45) is 0. The lowest BCUT2D eigenvalue weighted by Gasteiger charge is -2.44. The molecule has 1 aromatic carbocycles. The molecule has 0 radical (unpaired) electrons. The molecule has 1 aliphatic heterocycles. The zero-order chi connectivity index (χ0) is 12.3. The fourth-order valence-corrected chi connectivity index (χ4v) is 2.76. The predicted molar refractivity (Wildman–Crippen MR) is 69.8 cm³/mol. The average Bonchev–Trinajstić information content (AvgIpc) is 2.27. The largest absolute Gasteiger partial charge is 0.386 e. The van der Waals surface area contributed by atoms with Gasteiger partial charge in [-0.05, 0) is 12.5 Å². The molecule has 0 atom stereocenters. The van der Waals surface area contributed by atoms with E-state index in [1.54, 1.807) is 23.6 Å². The topological polar surface area (TPSA) is 40.5 Å². The minimum Gasteiger partial charge on any atom is -0.386 e. The number of benzene rings is 1. The Morgan fingerprint density at radius 1 is 1.41 bits per heavy atom. The van der Waals surface area contributed by atoms with E-state index in [-0.39, 0.29) is 5.91 Å². The van der Waals surface area contributed by atoms with Crippen LogP contribution in [0, 0.1) is 0 Å². The van der Waals surface area contributed by atoms with Crippen molar-refractivity contribution in [1.29, 1.82) is 0 Å². The van der Waals surface area contributed by atoms with Gasteiger partial charge in [-0.15, -0.1) is 11.8 Å². The van der Waals surface area contributed by atoms with Crippen molar-refractivity contribution < 1.29 is 9.90 Å². The van der Waals surface area contributed by atoms with Crippen LogP contribution in [-0.2, 0) is 10.5 Å². The minimum atomic E-state index is -0.667. The first-order valence-electron chi connectivity index (χ1n) is 5.69. The molecule has 1 N–H and O–H groups in total. The highest BCUT2D eigenvalue weighted by atomic mass is 32.2. The second-order valence-electron chi connectivity index (χ2n) is 4.73. The fourth-order valence-electron chi connectivity index (χ4n) is 1.87. The van der Waals surface area contributed by atoms with Crippen LogP contribution >= 0.6 is 11.8 Å². The van der Waals surface area contributed by atoms with Crippen LogP contribution in [0.2, 0.25) is 0 Å². The maximum absolute atomic E-state index is 11.7. The Hall–Kier alpha value is -1.00. The molecule has 1 aromatic rings. The van der Waals surface area contributed by atoms with Crippen LogP contribution in [-0.4, -0.2) is 40.4 Å². The minimum absolute atomic E-state index is 0.123. The zero-order valence-corrected chi connectivity index (χ0v) is 10.7. The number of β-amino-alcohol motifs (C(OH)–C–C–N with tert-alkyl or cyclic N) is 1. The van der Waals surface area contributed by atoms with Gasteiger partial charge in [0.1, 0.15) is 0 Å². The van der Waals surface area contributed by atoms with Crippen molar-refractivity contribution in [2.24, 2.45) is 0 Å². The van der Waals surface area contributed by atoms with E-state index < -0.39 is 5.60 Å². The molecule has 17 heavy (non-hydrogen) atoms. The third-order valence-corrected chi connectivity index (χ3v) is 3.74. The van der Waals surface area contributed by atoms with E-state index in [2.05, 4.69) is 12.1 Å². The van der Waals surface area contributed by atoms with Crippen LogP contribution in [0.25, 0.3) is 0 Å². The molecule has 0 aromatic heterocycles. The first-order chi connectivity index (χ1) is 8.07. The normalized spacial score (nSPS) is 17.6. The molecule has 2 rings (SSSR count). The van der Waals surface area contributed by atoms with E-state index in [0.717, 1.165) is 5.75 Å². The van der Waals surface area contributed by atoms with Gasteiger partial charge < -0.3 is 10.0 Å². The molecular formula is C13H17NO2S. The lowest BCUT2D eigenvalue weighted by molar-refractivity contribution is -0.149. The molecule has 1 saturated heterocycles. The molecule has 1 heterocycles. The monoisotopic (exact) mass is 251 g/mol. The van der Waals surface area contributed by atoms with Crippen LogP contribution < -0.4 is 0 Å². The van der Waals surface area contributed by atoms with Gasteiger partial charge in [-0.3, -0.25) is 4.79 Å². The number of rotatable bonds is 4. The SMILES string of the molecule is CC1(O)CN(C(=O)CSCc2ccccc2)C1. The molecule has 3 nitrogen and oxygen atoms in total. The molecule has 0 spiro atoms. The molecular weight excluding hydrogens is 234 g/mol. The van der Waals surface area contributed by atoms with Crippen LogP contribution in [0.4, 0.5) is 0 Å². The number of carbonyl (C=O) groups is 1. The van der Waals surface area contributed by atoms with Gasteiger partial charge in [0.05, 0.1) is 24.4 Å². The standard InChI is InChI=1S/C13H17NO2S/c1-13(16)9-14(10-13)12(15)8-17-7-11-5-3-2-4-6-11/h2-6,16H,7-10H2,1H3. The van der Waals surface area contributed by atoms with Gasteiger partial charge in [0.25, 0.3) is 0 Å². The van der Waals surface area contributed by atoms with Crippen molar-refractivity contribution in [3.63, 3.8) is 0 Å². The number of nitrogens with zero attached hydrogens (tertiary/aromatic N) is 1. The van der Waals surface area contributed by atoms with Crippen molar-refractivity contribution in [3.05, 3.63) is 35.9 Å². The van der Waals surface area contributed by atoms with Crippen LogP contribution in [0.3, 0.4) is 0 Å². The van der Waals surface area contributed by atoms with Crippen LogP contribution in [0.15, 0.2) is 30.3 Å².